The molecule has 13 atom stereocenters. The van der Waals surface area contributed by atoms with Crippen LogP contribution in [0.5, 0.6) is 0 Å². The van der Waals surface area contributed by atoms with Crippen molar-refractivity contribution in [2.75, 3.05) is 54.5 Å². The van der Waals surface area contributed by atoms with E-state index in [1.165, 1.54) is 26.2 Å². The number of nitrogens with zero attached hydrogens (tertiary/aromatic N) is 4. The summed E-state index contributed by atoms with van der Waals surface area (Å²) >= 11 is 0. The van der Waals surface area contributed by atoms with E-state index in [0.717, 1.165) is 22.6 Å². The summed E-state index contributed by atoms with van der Waals surface area (Å²) < 4.78 is 61.0. The number of carbonyl (C=O) groups is 11. The second-order valence-electron chi connectivity index (χ2n) is 28.9. The number of urea groups is 1. The number of nitrogens with two attached hydrogens (primary N) is 1. The number of aliphatic hydroxyl groups is 1. The Morgan fingerprint density at radius 1 is 0.699 bits per heavy atom. The van der Waals surface area contributed by atoms with Gasteiger partial charge in [-0.1, -0.05) is 143 Å². The standard InChI is InChI=1S/C76H116F3N9O15/c1-15-49(8)68(60(101-13)44-64(94)87-40-24-29-57(87)70(102-14)51(10)58(90)41-50(9)69(95)54-25-18-16-19-26-54)85(11)73(98)66(47(4)5)84-72(97)67(48(6)7)86(12)75(100)103-45-53-33-31-52(32-34-53)42-56(89)28-23-37-81-71(96)55(27-22-38-82-74(80)99)43-59(91)65(46(2)3)83-61(76(77,78)79)30-20-17-21-39-88-62(92)35-36-63(88)93/h16,18-19,25-26,31-36,46-51,55,57,60-61,65-70,83,95H,15,17,20-24,27-30,37-45H2,1-14H3,(H,81,96)(H,84,97)(H3,80,82,99). The molecule has 2 aliphatic heterocycles. The molecule has 2 aromatic rings. The molecule has 0 radical (unpaired) electrons. The highest BCUT2D eigenvalue weighted by molar-refractivity contribution is 6.12. The number of methoxy groups -OCH3 is 2. The maximum atomic E-state index is 14.8. The Labute approximate surface area is 606 Å². The number of hydrogen-bond acceptors (Lipinski definition) is 16. The minimum Gasteiger partial charge on any atom is -0.445 e. The van der Waals surface area contributed by atoms with E-state index in [2.05, 4.69) is 21.3 Å². The zero-order valence-electron chi connectivity index (χ0n) is 62.9. The van der Waals surface area contributed by atoms with Crippen LogP contribution in [0.3, 0.4) is 0 Å². The summed E-state index contributed by atoms with van der Waals surface area (Å²) in [5, 5.41) is 21.7. The number of likely N-dealkylation sites (N-methyl/N-ethyl adjacent to an activating group) is 2. The zero-order valence-corrected chi connectivity index (χ0v) is 62.9. The van der Waals surface area contributed by atoms with Gasteiger partial charge >= 0.3 is 18.3 Å². The third-order valence-electron chi connectivity index (χ3n) is 20.0. The third kappa shape index (κ3) is 27.1. The van der Waals surface area contributed by atoms with Crippen molar-refractivity contribution in [2.24, 2.45) is 47.2 Å². The number of hydrogen-bond donors (Lipinski definition) is 6. The van der Waals surface area contributed by atoms with Gasteiger partial charge in [-0.25, -0.2) is 9.59 Å². The van der Waals surface area contributed by atoms with Crippen molar-refractivity contribution >= 4 is 64.9 Å². The van der Waals surface area contributed by atoms with Crippen molar-refractivity contribution in [2.45, 2.75) is 233 Å². The molecular formula is C76H116F3N9O15. The smallest absolute Gasteiger partial charge is 0.410 e. The number of ether oxygens (including phenoxy) is 3. The van der Waals surface area contributed by atoms with Gasteiger partial charge in [-0.2, -0.15) is 13.2 Å². The molecule has 0 spiro atoms. The number of halogens is 3. The van der Waals surface area contributed by atoms with E-state index in [9.17, 15) is 71.0 Å². The molecule has 2 aromatic carbocycles. The summed E-state index contributed by atoms with van der Waals surface area (Å²) in [6.07, 6.45) is -2.95. The topological polar surface area (TPSA) is 323 Å². The Bertz CT molecular complexity index is 3120. The molecule has 103 heavy (non-hydrogen) atoms. The van der Waals surface area contributed by atoms with Gasteiger partial charge in [-0.05, 0) is 91.2 Å². The lowest BCUT2D eigenvalue weighted by Gasteiger charge is -2.41. The summed E-state index contributed by atoms with van der Waals surface area (Å²) in [4.78, 5) is 152. The van der Waals surface area contributed by atoms with Crippen molar-refractivity contribution in [3.8, 4) is 0 Å². The molecule has 2 heterocycles. The number of imide groups is 1. The molecule has 9 amide bonds. The number of unbranched alkanes of at least 4 members (excludes halogenated alkanes) is 2. The number of alkyl halides is 3. The molecule has 0 bridgehead atoms. The molecule has 0 aromatic heterocycles. The number of ketones is 3. The fraction of sp³-hybridized carbons (Fsp3) is 0.671. The number of amides is 9. The Balaban J connectivity index is 1.31. The minimum atomic E-state index is -4.72. The van der Waals surface area contributed by atoms with Crippen molar-refractivity contribution in [3.05, 3.63) is 83.4 Å². The first-order chi connectivity index (χ1) is 48.6. The summed E-state index contributed by atoms with van der Waals surface area (Å²) in [6.45, 7) is 18.4. The van der Waals surface area contributed by atoms with E-state index in [1.54, 1.807) is 89.6 Å². The van der Waals surface area contributed by atoms with Crippen LogP contribution in [0.4, 0.5) is 22.8 Å². The predicted molar refractivity (Wildman–Crippen MR) is 383 cm³/mol. The predicted octanol–water partition coefficient (Wildman–Crippen LogP) is 8.73. The van der Waals surface area contributed by atoms with Crippen LogP contribution >= 0.6 is 0 Å². The summed E-state index contributed by atoms with van der Waals surface area (Å²) in [6, 6.07) is 8.71. The van der Waals surface area contributed by atoms with Crippen molar-refractivity contribution in [1.29, 1.82) is 0 Å². The first kappa shape index (κ1) is 87.8. The number of Topliss-reactive ketones (excluding diaryl/α,β-unsaturated/α-hetero) is 3. The summed E-state index contributed by atoms with van der Waals surface area (Å²) in [5.74, 6) is -7.12. The first-order valence-electron chi connectivity index (χ1n) is 36.4. The largest absolute Gasteiger partial charge is 0.445 e. The van der Waals surface area contributed by atoms with Crippen molar-refractivity contribution < 1.29 is 85.2 Å². The van der Waals surface area contributed by atoms with Crippen LogP contribution in [0, 0.1) is 41.4 Å². The van der Waals surface area contributed by atoms with Crippen LogP contribution in [0.25, 0.3) is 0 Å². The molecule has 0 aliphatic carbocycles. The minimum absolute atomic E-state index is 0.0391. The van der Waals surface area contributed by atoms with Crippen molar-refractivity contribution in [3.63, 3.8) is 0 Å². The van der Waals surface area contributed by atoms with Crippen LogP contribution in [-0.4, -0.2) is 199 Å². The average Bonchev–Trinajstić information content (AvgIpc) is 1.55. The summed E-state index contributed by atoms with van der Waals surface area (Å²) in [7, 11) is 6.12. The van der Waals surface area contributed by atoms with Crippen LogP contribution < -0.4 is 27.0 Å². The van der Waals surface area contributed by atoms with Gasteiger partial charge in [0.15, 0.2) is 5.78 Å². The highest BCUT2D eigenvalue weighted by atomic mass is 19.4. The summed E-state index contributed by atoms with van der Waals surface area (Å²) in [5.41, 5.74) is 7.17. The molecule has 24 nitrogen and oxygen atoms in total. The molecule has 1 fully saturated rings. The lowest BCUT2D eigenvalue weighted by atomic mass is 9.85. The van der Waals surface area contributed by atoms with Crippen molar-refractivity contribution in [1.82, 2.24) is 40.9 Å². The van der Waals surface area contributed by atoms with Gasteiger partial charge in [0.1, 0.15) is 36.3 Å². The number of primary amides is 1. The quantitative estimate of drug-likeness (QED) is 0.0266. The number of aliphatic hydroxyl groups excluding tert-OH is 1. The number of nitrogens with one attached hydrogen (secondary N) is 4. The second-order valence-corrected chi connectivity index (χ2v) is 28.9. The fourth-order valence-corrected chi connectivity index (χ4v) is 13.8. The van der Waals surface area contributed by atoms with Gasteiger partial charge < -0.3 is 50.8 Å². The van der Waals surface area contributed by atoms with E-state index in [0.29, 0.717) is 43.4 Å². The first-order valence-corrected chi connectivity index (χ1v) is 36.4. The maximum Gasteiger partial charge on any atom is 0.410 e. The number of likely N-dealkylation sites (tertiary alicyclic amines) is 1. The van der Waals surface area contributed by atoms with E-state index in [-0.39, 0.29) is 120 Å². The molecule has 27 heteroatoms. The fourth-order valence-electron chi connectivity index (χ4n) is 13.8. The Hall–Kier alpha value is -7.62. The molecule has 1 saturated heterocycles. The Kier molecular flexibility index (Phi) is 36.6. The van der Waals surface area contributed by atoms with E-state index < -0.39 is 144 Å². The van der Waals surface area contributed by atoms with E-state index in [1.807, 2.05) is 51.1 Å². The van der Waals surface area contributed by atoms with Gasteiger partial charge in [-0.15, -0.1) is 0 Å². The monoisotopic (exact) mass is 1450 g/mol. The number of benzene rings is 2. The average molecular weight is 1450 g/mol. The van der Waals surface area contributed by atoms with Gasteiger partial charge in [0.05, 0.1) is 42.9 Å². The number of rotatable bonds is 46. The van der Waals surface area contributed by atoms with E-state index in [4.69, 9.17) is 19.9 Å². The van der Waals surface area contributed by atoms with Crippen LogP contribution in [0.2, 0.25) is 0 Å². The van der Waals surface area contributed by atoms with E-state index >= 15 is 0 Å². The maximum absolute atomic E-state index is 14.8. The lowest BCUT2D eigenvalue weighted by Crippen LogP contribution is -2.60. The molecular weight excluding hydrogens is 1340 g/mol. The van der Waals surface area contributed by atoms with Crippen LogP contribution in [-0.2, 0) is 70.4 Å². The normalized spacial score (nSPS) is 17.5. The second kappa shape index (κ2) is 43.0. The molecule has 4 rings (SSSR count). The van der Waals surface area contributed by atoms with Gasteiger partial charge in [0.25, 0.3) is 11.8 Å². The Morgan fingerprint density at radius 3 is 1.89 bits per heavy atom. The molecule has 2 aliphatic rings. The molecule has 0 saturated carbocycles. The molecule has 7 N–H and O–H groups in total. The Morgan fingerprint density at radius 2 is 1.32 bits per heavy atom. The molecule has 13 unspecified atom stereocenters. The third-order valence-corrected chi connectivity index (χ3v) is 20.0. The lowest BCUT2D eigenvalue weighted by molar-refractivity contribution is -0.161. The highest BCUT2D eigenvalue weighted by Crippen LogP contribution is 2.33. The van der Waals surface area contributed by atoms with Gasteiger partial charge in [0, 0.05) is 104 Å². The van der Waals surface area contributed by atoms with Crippen LogP contribution in [0.1, 0.15) is 182 Å². The molecule has 576 valence electrons. The van der Waals surface area contributed by atoms with Gasteiger partial charge in [-0.3, -0.25) is 58.3 Å². The highest BCUT2D eigenvalue weighted by Gasteiger charge is 2.45. The SMILES string of the molecule is CCC(C)C(C(CC(=O)N1CCCC1C(OC)C(C)C(=O)CC(C)C(O)c1ccccc1)OC)N(C)C(=O)C(NC(=O)C(C(C)C)N(C)C(=O)OCc1ccc(CC(=O)CCCNC(=O)C(CCCNC(N)=O)CC(=O)C(NC(CCCCCN2C(=O)C=CC2=O)C(F)(F)F)C(C)C)cc1)C(C)C. The van der Waals surface area contributed by atoms with Crippen LogP contribution in [0.15, 0.2) is 66.7 Å². The zero-order chi connectivity index (χ0) is 77.0. The number of carbonyl (C=O) groups excluding carboxylic acids is 11. The van der Waals surface area contributed by atoms with Gasteiger partial charge in [0.2, 0.25) is 23.6 Å².